The number of ether oxygens (including phenoxy) is 3. The molecule has 0 aliphatic heterocycles. The van der Waals surface area contributed by atoms with E-state index in [4.69, 9.17) is 25.8 Å². The average molecular weight is 345 g/mol. The Balaban J connectivity index is 1.84. The summed E-state index contributed by atoms with van der Waals surface area (Å²) in [5.41, 5.74) is 0. The molecule has 3 aromatic carbocycles. The molecule has 5 heteroatoms. The molecule has 0 atom stereocenters. The predicted molar refractivity (Wildman–Crippen MR) is 91.0 cm³/mol. The monoisotopic (exact) mass is 344 g/mol. The second kappa shape index (κ2) is 7.23. The van der Waals surface area contributed by atoms with Crippen molar-refractivity contribution in [2.45, 2.75) is 0 Å². The highest BCUT2D eigenvalue weighted by atomic mass is 35.5. The Labute approximate surface area is 144 Å². The zero-order chi connectivity index (χ0) is 16.9. The van der Waals surface area contributed by atoms with Gasteiger partial charge in [0.05, 0.1) is 7.11 Å². The van der Waals surface area contributed by atoms with Crippen LogP contribution in [0.25, 0.3) is 0 Å². The molecule has 0 amide bonds. The van der Waals surface area contributed by atoms with Gasteiger partial charge in [-0.1, -0.05) is 23.7 Å². The van der Waals surface area contributed by atoms with Gasteiger partial charge in [0.1, 0.15) is 23.1 Å². The van der Waals surface area contributed by atoms with E-state index in [1.807, 2.05) is 6.07 Å². The molecule has 0 radical (unpaired) electrons. The number of hydrogen-bond acceptors (Lipinski definition) is 3. The Morgan fingerprint density at radius 2 is 1.33 bits per heavy atom. The van der Waals surface area contributed by atoms with E-state index in [0.717, 1.165) is 5.75 Å². The van der Waals surface area contributed by atoms with E-state index >= 15 is 0 Å². The maximum atomic E-state index is 13.4. The fourth-order valence-corrected chi connectivity index (χ4v) is 2.32. The molecule has 122 valence electrons. The molecule has 0 spiro atoms. The summed E-state index contributed by atoms with van der Waals surface area (Å²) in [6.07, 6.45) is 0. The van der Waals surface area contributed by atoms with E-state index in [1.165, 1.54) is 18.2 Å². The summed E-state index contributed by atoms with van der Waals surface area (Å²) in [6, 6.07) is 18.3. The SMILES string of the molecule is COc1ccc(Oc2ccccc2Oc2cc(F)cc(Cl)c2)cc1. The topological polar surface area (TPSA) is 27.7 Å². The van der Waals surface area contributed by atoms with Crippen LogP contribution < -0.4 is 14.2 Å². The molecule has 0 N–H and O–H groups in total. The minimum atomic E-state index is -0.467. The zero-order valence-corrected chi connectivity index (χ0v) is 13.6. The molecule has 0 saturated carbocycles. The lowest BCUT2D eigenvalue weighted by Gasteiger charge is -2.12. The summed E-state index contributed by atoms with van der Waals surface area (Å²) in [5, 5.41) is 0.263. The average Bonchev–Trinajstić information content (AvgIpc) is 2.56. The van der Waals surface area contributed by atoms with Gasteiger partial charge in [-0.2, -0.15) is 0 Å². The van der Waals surface area contributed by atoms with Crippen molar-refractivity contribution >= 4 is 11.6 Å². The highest BCUT2D eigenvalue weighted by Crippen LogP contribution is 2.35. The second-order valence-corrected chi connectivity index (χ2v) is 5.37. The van der Waals surface area contributed by atoms with Crippen LogP contribution in [0.1, 0.15) is 0 Å². The third kappa shape index (κ3) is 3.97. The zero-order valence-electron chi connectivity index (χ0n) is 12.8. The summed E-state index contributed by atoms with van der Waals surface area (Å²) in [5.74, 6) is 2.15. The Morgan fingerprint density at radius 1 is 0.750 bits per heavy atom. The molecule has 0 fully saturated rings. The van der Waals surface area contributed by atoms with Gasteiger partial charge in [-0.05, 0) is 48.5 Å². The van der Waals surface area contributed by atoms with Crippen molar-refractivity contribution < 1.29 is 18.6 Å². The quantitative estimate of drug-likeness (QED) is 0.562. The minimum Gasteiger partial charge on any atom is -0.497 e. The predicted octanol–water partition coefficient (Wildman–Crippen LogP) is 6.07. The standard InChI is InChI=1S/C19H14ClFO3/c1-22-15-6-8-16(9-7-15)23-18-4-2-3-5-19(18)24-17-11-13(20)10-14(21)12-17/h2-12H,1H3. The molecule has 3 nitrogen and oxygen atoms in total. The van der Waals surface area contributed by atoms with Crippen LogP contribution in [0.2, 0.25) is 5.02 Å². The van der Waals surface area contributed by atoms with Crippen LogP contribution in [0.15, 0.2) is 66.7 Å². The van der Waals surface area contributed by atoms with E-state index in [2.05, 4.69) is 0 Å². The van der Waals surface area contributed by atoms with Crippen LogP contribution in [0.3, 0.4) is 0 Å². The molecule has 0 aliphatic carbocycles. The Kier molecular flexibility index (Phi) is 4.87. The fourth-order valence-electron chi connectivity index (χ4n) is 2.10. The van der Waals surface area contributed by atoms with Crippen molar-refractivity contribution in [2.24, 2.45) is 0 Å². The minimum absolute atomic E-state index is 0.263. The van der Waals surface area contributed by atoms with Crippen LogP contribution in [0.5, 0.6) is 28.7 Å². The van der Waals surface area contributed by atoms with E-state index < -0.39 is 5.82 Å². The molecule has 24 heavy (non-hydrogen) atoms. The summed E-state index contributed by atoms with van der Waals surface area (Å²) in [4.78, 5) is 0. The molecule has 0 heterocycles. The molecular weight excluding hydrogens is 331 g/mol. The molecular formula is C19H14ClFO3. The first-order valence-corrected chi connectivity index (χ1v) is 7.57. The van der Waals surface area contributed by atoms with Crippen LogP contribution in [0, 0.1) is 5.82 Å². The van der Waals surface area contributed by atoms with Crippen molar-refractivity contribution in [1.29, 1.82) is 0 Å². The van der Waals surface area contributed by atoms with Crippen molar-refractivity contribution in [3.63, 3.8) is 0 Å². The number of rotatable bonds is 5. The Hall–Kier alpha value is -2.72. The molecule has 0 saturated heterocycles. The van der Waals surface area contributed by atoms with Crippen LogP contribution in [-0.2, 0) is 0 Å². The summed E-state index contributed by atoms with van der Waals surface area (Å²) in [7, 11) is 1.60. The Morgan fingerprint density at radius 3 is 1.92 bits per heavy atom. The highest BCUT2D eigenvalue weighted by Gasteiger charge is 2.09. The fraction of sp³-hybridized carbons (Fsp3) is 0.0526. The van der Waals surface area contributed by atoms with Crippen LogP contribution in [0.4, 0.5) is 4.39 Å². The van der Waals surface area contributed by atoms with Gasteiger partial charge in [-0.3, -0.25) is 0 Å². The van der Waals surface area contributed by atoms with E-state index in [-0.39, 0.29) is 5.02 Å². The maximum absolute atomic E-state index is 13.4. The number of hydrogen-bond donors (Lipinski definition) is 0. The number of methoxy groups -OCH3 is 1. The number of para-hydroxylation sites is 2. The van der Waals surface area contributed by atoms with Crippen LogP contribution in [-0.4, -0.2) is 7.11 Å². The van der Waals surface area contributed by atoms with E-state index in [1.54, 1.807) is 49.6 Å². The van der Waals surface area contributed by atoms with Gasteiger partial charge in [0.2, 0.25) is 0 Å². The molecule has 0 aromatic heterocycles. The van der Waals surface area contributed by atoms with Gasteiger partial charge in [0, 0.05) is 11.1 Å². The third-order valence-electron chi connectivity index (χ3n) is 3.20. The van der Waals surface area contributed by atoms with E-state index in [9.17, 15) is 4.39 Å². The van der Waals surface area contributed by atoms with Gasteiger partial charge < -0.3 is 14.2 Å². The van der Waals surface area contributed by atoms with Gasteiger partial charge in [0.15, 0.2) is 11.5 Å². The largest absolute Gasteiger partial charge is 0.497 e. The van der Waals surface area contributed by atoms with Gasteiger partial charge in [0.25, 0.3) is 0 Å². The molecule has 3 aromatic rings. The van der Waals surface area contributed by atoms with E-state index in [0.29, 0.717) is 23.0 Å². The van der Waals surface area contributed by atoms with Gasteiger partial charge in [-0.15, -0.1) is 0 Å². The maximum Gasteiger partial charge on any atom is 0.169 e. The van der Waals surface area contributed by atoms with Crippen molar-refractivity contribution in [1.82, 2.24) is 0 Å². The Bertz CT molecular complexity index is 814. The summed E-state index contributed by atoms with van der Waals surface area (Å²) >= 11 is 5.85. The van der Waals surface area contributed by atoms with Crippen molar-refractivity contribution in [3.05, 3.63) is 77.6 Å². The molecule has 0 unspecified atom stereocenters. The first kappa shape index (κ1) is 16.1. The van der Waals surface area contributed by atoms with Crippen molar-refractivity contribution in [3.8, 4) is 28.7 Å². The summed E-state index contributed by atoms with van der Waals surface area (Å²) in [6.45, 7) is 0. The first-order valence-electron chi connectivity index (χ1n) is 7.19. The first-order chi connectivity index (χ1) is 11.6. The molecule has 0 aliphatic rings. The summed E-state index contributed by atoms with van der Waals surface area (Å²) < 4.78 is 30.1. The van der Waals surface area contributed by atoms with Crippen LogP contribution >= 0.6 is 11.6 Å². The molecule has 3 rings (SSSR count). The second-order valence-electron chi connectivity index (χ2n) is 4.93. The lowest BCUT2D eigenvalue weighted by molar-refractivity contribution is 0.407. The number of halogens is 2. The highest BCUT2D eigenvalue weighted by molar-refractivity contribution is 6.30. The normalized spacial score (nSPS) is 10.3. The third-order valence-corrected chi connectivity index (χ3v) is 3.42. The van der Waals surface area contributed by atoms with Crippen molar-refractivity contribution in [2.75, 3.05) is 7.11 Å². The van der Waals surface area contributed by atoms with Gasteiger partial charge >= 0.3 is 0 Å². The smallest absolute Gasteiger partial charge is 0.169 e. The molecule has 0 bridgehead atoms. The lowest BCUT2D eigenvalue weighted by Crippen LogP contribution is -1.91. The number of benzene rings is 3. The lowest BCUT2D eigenvalue weighted by atomic mass is 10.3. The van der Waals surface area contributed by atoms with Gasteiger partial charge in [-0.25, -0.2) is 4.39 Å².